The minimum absolute atomic E-state index is 0.307. The van der Waals surface area contributed by atoms with E-state index in [1.807, 2.05) is 12.1 Å². The van der Waals surface area contributed by atoms with Crippen molar-refractivity contribution in [2.75, 3.05) is 31.6 Å². The van der Waals surface area contributed by atoms with Crippen molar-refractivity contribution in [2.24, 2.45) is 11.7 Å². The van der Waals surface area contributed by atoms with E-state index in [1.54, 1.807) is 12.1 Å². The van der Waals surface area contributed by atoms with Crippen molar-refractivity contribution in [2.45, 2.75) is 24.2 Å². The van der Waals surface area contributed by atoms with Gasteiger partial charge in [0.25, 0.3) is 0 Å². The van der Waals surface area contributed by atoms with Crippen molar-refractivity contribution in [3.8, 4) is 0 Å². The van der Waals surface area contributed by atoms with E-state index in [9.17, 15) is 8.42 Å². The molecule has 3 N–H and O–H groups in total. The molecule has 0 aliphatic carbocycles. The normalized spacial score (nSPS) is 17.4. The maximum Gasteiger partial charge on any atom is 0.240 e. The van der Waals surface area contributed by atoms with Crippen LogP contribution in [0.3, 0.4) is 0 Å². The fourth-order valence-electron chi connectivity index (χ4n) is 2.67. The van der Waals surface area contributed by atoms with Gasteiger partial charge in [0.15, 0.2) is 0 Å². The van der Waals surface area contributed by atoms with Gasteiger partial charge in [-0.05, 0) is 63.0 Å². The molecule has 1 heterocycles. The average Bonchev–Trinajstić information content (AvgIpc) is 2.48. The molecule has 0 atom stereocenters. The van der Waals surface area contributed by atoms with E-state index < -0.39 is 10.0 Å². The molecule has 1 aromatic carbocycles. The average molecular weight is 297 g/mol. The molecule has 2 rings (SSSR count). The van der Waals surface area contributed by atoms with Crippen LogP contribution in [0, 0.1) is 5.92 Å². The zero-order valence-electron chi connectivity index (χ0n) is 11.9. The zero-order chi connectivity index (χ0) is 14.6. The van der Waals surface area contributed by atoms with Crippen molar-refractivity contribution in [3.63, 3.8) is 0 Å². The highest BCUT2D eigenvalue weighted by molar-refractivity contribution is 7.89. The van der Waals surface area contributed by atoms with Crippen molar-refractivity contribution in [3.05, 3.63) is 24.3 Å². The minimum Gasteiger partial charge on any atom is -0.372 e. The fourth-order valence-corrected chi connectivity index (χ4v) is 3.40. The third-order valence-electron chi connectivity index (χ3n) is 3.97. The van der Waals surface area contributed by atoms with Crippen LogP contribution in [0.5, 0.6) is 0 Å². The molecule has 0 spiro atoms. The van der Waals surface area contributed by atoms with Crippen LogP contribution in [0.15, 0.2) is 29.2 Å². The molecule has 1 fully saturated rings. The Balaban J connectivity index is 2.01. The number of hydrogen-bond acceptors (Lipinski definition) is 4. The molecule has 0 radical (unpaired) electrons. The number of sulfonamides is 1. The molecule has 1 saturated heterocycles. The van der Waals surface area contributed by atoms with E-state index in [4.69, 9.17) is 5.73 Å². The molecule has 112 valence electrons. The first-order valence-electron chi connectivity index (χ1n) is 7.05. The molecule has 1 aromatic rings. The number of nitrogens with two attached hydrogens (primary N) is 1. The number of piperidine rings is 1. The summed E-state index contributed by atoms with van der Waals surface area (Å²) < 4.78 is 25.7. The van der Waals surface area contributed by atoms with Gasteiger partial charge in [0, 0.05) is 18.8 Å². The standard InChI is InChI=1S/C14H23N3O2S/c1-16-20(18,19)14-4-2-13(3-5-14)17-10-7-12(6-9-15)8-11-17/h2-5,12,16H,6-11,15H2,1H3. The molecular formula is C14H23N3O2S. The summed E-state index contributed by atoms with van der Waals surface area (Å²) in [6, 6.07) is 7.08. The molecule has 0 unspecified atom stereocenters. The molecule has 1 aliphatic rings. The second kappa shape index (κ2) is 6.56. The van der Waals surface area contributed by atoms with Gasteiger partial charge in [-0.1, -0.05) is 0 Å². The van der Waals surface area contributed by atoms with E-state index in [0.717, 1.165) is 50.5 Å². The maximum absolute atomic E-state index is 11.7. The van der Waals surface area contributed by atoms with Gasteiger partial charge in [-0.15, -0.1) is 0 Å². The van der Waals surface area contributed by atoms with Crippen molar-refractivity contribution < 1.29 is 8.42 Å². The van der Waals surface area contributed by atoms with Gasteiger partial charge >= 0.3 is 0 Å². The van der Waals surface area contributed by atoms with Gasteiger partial charge in [-0.25, -0.2) is 13.1 Å². The highest BCUT2D eigenvalue weighted by atomic mass is 32.2. The number of hydrogen-bond donors (Lipinski definition) is 2. The minimum atomic E-state index is -3.34. The van der Waals surface area contributed by atoms with Gasteiger partial charge in [-0.3, -0.25) is 0 Å². The lowest BCUT2D eigenvalue weighted by Gasteiger charge is -2.33. The lowest BCUT2D eigenvalue weighted by Crippen LogP contribution is -2.34. The fraction of sp³-hybridized carbons (Fsp3) is 0.571. The van der Waals surface area contributed by atoms with Crippen LogP contribution in [-0.2, 0) is 10.0 Å². The summed E-state index contributed by atoms with van der Waals surface area (Å²) in [5.41, 5.74) is 6.69. The Morgan fingerprint density at radius 3 is 2.35 bits per heavy atom. The monoisotopic (exact) mass is 297 g/mol. The Morgan fingerprint density at radius 2 is 1.85 bits per heavy atom. The first kappa shape index (κ1) is 15.3. The van der Waals surface area contributed by atoms with Crippen LogP contribution in [0.2, 0.25) is 0 Å². The van der Waals surface area contributed by atoms with E-state index in [0.29, 0.717) is 4.90 Å². The van der Waals surface area contributed by atoms with Crippen LogP contribution in [0.25, 0.3) is 0 Å². The van der Waals surface area contributed by atoms with Gasteiger partial charge in [0.05, 0.1) is 4.90 Å². The summed E-state index contributed by atoms with van der Waals surface area (Å²) in [5.74, 6) is 0.736. The second-order valence-corrected chi connectivity index (χ2v) is 7.10. The van der Waals surface area contributed by atoms with E-state index in [2.05, 4.69) is 9.62 Å². The number of nitrogens with one attached hydrogen (secondary N) is 1. The smallest absolute Gasteiger partial charge is 0.240 e. The van der Waals surface area contributed by atoms with E-state index in [1.165, 1.54) is 7.05 Å². The van der Waals surface area contributed by atoms with E-state index in [-0.39, 0.29) is 0 Å². The Bertz CT molecular complexity index is 520. The summed E-state index contributed by atoms with van der Waals surface area (Å²) in [6.07, 6.45) is 3.43. The SMILES string of the molecule is CNS(=O)(=O)c1ccc(N2CCC(CCN)CC2)cc1. The predicted molar refractivity (Wildman–Crippen MR) is 81.3 cm³/mol. The second-order valence-electron chi connectivity index (χ2n) is 5.21. The molecule has 1 aliphatic heterocycles. The quantitative estimate of drug-likeness (QED) is 0.855. The van der Waals surface area contributed by atoms with Gasteiger partial charge < -0.3 is 10.6 Å². The number of nitrogens with zero attached hydrogens (tertiary/aromatic N) is 1. The largest absolute Gasteiger partial charge is 0.372 e. The van der Waals surface area contributed by atoms with Crippen LogP contribution < -0.4 is 15.4 Å². The van der Waals surface area contributed by atoms with Crippen molar-refractivity contribution in [1.29, 1.82) is 0 Å². The van der Waals surface area contributed by atoms with Gasteiger partial charge in [0.2, 0.25) is 10.0 Å². The van der Waals surface area contributed by atoms with Crippen LogP contribution in [0.1, 0.15) is 19.3 Å². The van der Waals surface area contributed by atoms with Crippen LogP contribution in [0.4, 0.5) is 5.69 Å². The van der Waals surface area contributed by atoms with Gasteiger partial charge in [-0.2, -0.15) is 0 Å². The summed E-state index contributed by atoms with van der Waals surface area (Å²) in [5, 5.41) is 0. The number of rotatable bonds is 5. The van der Waals surface area contributed by atoms with Gasteiger partial charge in [0.1, 0.15) is 0 Å². The first-order valence-corrected chi connectivity index (χ1v) is 8.54. The molecule has 0 saturated carbocycles. The summed E-state index contributed by atoms with van der Waals surface area (Å²) in [7, 11) is -1.92. The molecular weight excluding hydrogens is 274 g/mol. The highest BCUT2D eigenvalue weighted by Crippen LogP contribution is 2.25. The lowest BCUT2D eigenvalue weighted by molar-refractivity contribution is 0.386. The third kappa shape index (κ3) is 3.50. The Morgan fingerprint density at radius 1 is 1.25 bits per heavy atom. The first-order chi connectivity index (χ1) is 9.56. The molecule has 6 heteroatoms. The summed E-state index contributed by atoms with van der Waals surface area (Å²) in [4.78, 5) is 2.62. The summed E-state index contributed by atoms with van der Waals surface area (Å²) in [6.45, 7) is 2.80. The molecule has 20 heavy (non-hydrogen) atoms. The maximum atomic E-state index is 11.7. The molecule has 0 aromatic heterocycles. The zero-order valence-corrected chi connectivity index (χ0v) is 12.7. The Kier molecular flexibility index (Phi) is 5.01. The Labute approximate surface area is 121 Å². The van der Waals surface area contributed by atoms with E-state index >= 15 is 0 Å². The predicted octanol–water partition coefficient (Wildman–Crippen LogP) is 1.16. The lowest BCUT2D eigenvalue weighted by atomic mass is 9.93. The Hall–Kier alpha value is -1.11. The topological polar surface area (TPSA) is 75.4 Å². The molecule has 0 amide bonds. The van der Waals surface area contributed by atoms with Crippen LogP contribution in [-0.4, -0.2) is 35.1 Å². The molecule has 0 bridgehead atoms. The summed E-state index contributed by atoms with van der Waals surface area (Å²) >= 11 is 0. The van der Waals surface area contributed by atoms with Crippen molar-refractivity contribution in [1.82, 2.24) is 4.72 Å². The third-order valence-corrected chi connectivity index (χ3v) is 5.40. The number of anilines is 1. The van der Waals surface area contributed by atoms with Crippen LogP contribution >= 0.6 is 0 Å². The number of benzene rings is 1. The molecule has 5 nitrogen and oxygen atoms in total. The highest BCUT2D eigenvalue weighted by Gasteiger charge is 2.19. The van der Waals surface area contributed by atoms with Crippen molar-refractivity contribution >= 4 is 15.7 Å².